The van der Waals surface area contributed by atoms with Gasteiger partial charge in [0.15, 0.2) is 0 Å². The summed E-state index contributed by atoms with van der Waals surface area (Å²) in [5, 5.41) is 0. The number of likely N-dealkylation sites (tertiary alicyclic amines) is 1. The third-order valence-electron chi connectivity index (χ3n) is 3.39. The van der Waals surface area contributed by atoms with Gasteiger partial charge in [0, 0.05) is 38.4 Å². The topological polar surface area (TPSA) is 38.5 Å². The highest BCUT2D eigenvalue weighted by atomic mass is 16.5. The quantitative estimate of drug-likeness (QED) is 0.643. The van der Waals surface area contributed by atoms with E-state index in [1.54, 1.807) is 0 Å². The fourth-order valence-electron chi connectivity index (χ4n) is 2.40. The van der Waals surface area contributed by atoms with Crippen molar-refractivity contribution in [3.05, 3.63) is 0 Å². The number of rotatable bonds is 6. The number of nitrogens with zero attached hydrogens (tertiary/aromatic N) is 1. The van der Waals surface area contributed by atoms with Crippen LogP contribution in [0.4, 0.5) is 0 Å². The van der Waals surface area contributed by atoms with Crippen molar-refractivity contribution in [1.82, 2.24) is 4.90 Å². The minimum atomic E-state index is 0.186. The maximum Gasteiger partial charge on any atom is 0.0478 e. The molecular weight excluding hydrogens is 176 g/mol. The van der Waals surface area contributed by atoms with Crippen LogP contribution < -0.4 is 5.73 Å². The maximum absolute atomic E-state index is 6.26. The zero-order valence-corrected chi connectivity index (χ0v) is 9.17. The summed E-state index contributed by atoms with van der Waals surface area (Å²) in [5.41, 5.74) is 6.44. The van der Waals surface area contributed by atoms with Gasteiger partial charge in [-0.25, -0.2) is 0 Å². The van der Waals surface area contributed by atoms with Gasteiger partial charge in [-0.15, -0.1) is 0 Å². The highest BCUT2D eigenvalue weighted by molar-refractivity contribution is 5.08. The van der Waals surface area contributed by atoms with Crippen LogP contribution in [-0.2, 0) is 4.74 Å². The lowest BCUT2D eigenvalue weighted by Crippen LogP contribution is -2.68. The van der Waals surface area contributed by atoms with Gasteiger partial charge in [0.05, 0.1) is 0 Å². The van der Waals surface area contributed by atoms with E-state index in [1.807, 2.05) is 6.92 Å². The molecule has 0 spiro atoms. The van der Waals surface area contributed by atoms with E-state index in [4.69, 9.17) is 10.5 Å². The second kappa shape index (κ2) is 4.17. The molecule has 1 saturated carbocycles. The molecule has 1 saturated heterocycles. The molecule has 2 N–H and O–H groups in total. The lowest BCUT2D eigenvalue weighted by atomic mass is 9.86. The molecule has 14 heavy (non-hydrogen) atoms. The first-order valence-electron chi connectivity index (χ1n) is 5.83. The average molecular weight is 198 g/mol. The van der Waals surface area contributed by atoms with Gasteiger partial charge >= 0.3 is 0 Å². The summed E-state index contributed by atoms with van der Waals surface area (Å²) in [5.74, 6) is 0.839. The van der Waals surface area contributed by atoms with Crippen molar-refractivity contribution in [2.45, 2.75) is 31.7 Å². The van der Waals surface area contributed by atoms with Gasteiger partial charge in [-0.1, -0.05) is 0 Å². The molecule has 0 amide bonds. The first-order chi connectivity index (χ1) is 6.74. The van der Waals surface area contributed by atoms with Crippen molar-refractivity contribution in [1.29, 1.82) is 0 Å². The van der Waals surface area contributed by atoms with E-state index in [2.05, 4.69) is 4.90 Å². The Morgan fingerprint density at radius 3 is 2.71 bits per heavy atom. The SMILES string of the molecule is CCOCCCN1CC(N)(C2CC2)C1. The second-order valence-corrected chi connectivity index (χ2v) is 4.77. The summed E-state index contributed by atoms with van der Waals surface area (Å²) >= 11 is 0. The van der Waals surface area contributed by atoms with Gasteiger partial charge in [0.2, 0.25) is 0 Å². The molecular formula is C11H22N2O. The van der Waals surface area contributed by atoms with Crippen LogP contribution in [0.5, 0.6) is 0 Å². The van der Waals surface area contributed by atoms with E-state index in [0.717, 1.165) is 45.2 Å². The summed E-state index contributed by atoms with van der Waals surface area (Å²) < 4.78 is 5.31. The van der Waals surface area contributed by atoms with Crippen LogP contribution in [0.1, 0.15) is 26.2 Å². The molecule has 0 aromatic carbocycles. The fourth-order valence-corrected chi connectivity index (χ4v) is 2.40. The molecule has 3 heteroatoms. The Balaban J connectivity index is 1.54. The van der Waals surface area contributed by atoms with Crippen LogP contribution in [0.15, 0.2) is 0 Å². The van der Waals surface area contributed by atoms with E-state index < -0.39 is 0 Å². The molecule has 2 aliphatic rings. The van der Waals surface area contributed by atoms with Crippen molar-refractivity contribution >= 4 is 0 Å². The summed E-state index contributed by atoms with van der Waals surface area (Å²) in [4.78, 5) is 2.46. The van der Waals surface area contributed by atoms with E-state index >= 15 is 0 Å². The standard InChI is InChI=1S/C11H22N2O/c1-2-14-7-3-6-13-8-11(12,9-13)10-4-5-10/h10H,2-9,12H2,1H3. The molecule has 1 aliphatic heterocycles. The van der Waals surface area contributed by atoms with Crippen LogP contribution in [0.3, 0.4) is 0 Å². The summed E-state index contributed by atoms with van der Waals surface area (Å²) in [7, 11) is 0. The van der Waals surface area contributed by atoms with E-state index in [9.17, 15) is 0 Å². The van der Waals surface area contributed by atoms with Crippen molar-refractivity contribution in [2.75, 3.05) is 32.8 Å². The number of hydrogen-bond donors (Lipinski definition) is 1. The highest BCUT2D eigenvalue weighted by Gasteiger charge is 2.49. The first kappa shape index (κ1) is 10.4. The molecule has 3 nitrogen and oxygen atoms in total. The molecule has 1 aliphatic carbocycles. The zero-order valence-electron chi connectivity index (χ0n) is 9.17. The van der Waals surface area contributed by atoms with Gasteiger partial charge in [-0.05, 0) is 32.1 Å². The smallest absolute Gasteiger partial charge is 0.0478 e. The predicted molar refractivity (Wildman–Crippen MR) is 57.2 cm³/mol. The molecule has 0 aromatic heterocycles. The number of nitrogens with two attached hydrogens (primary N) is 1. The Labute approximate surface area is 86.6 Å². The highest BCUT2D eigenvalue weighted by Crippen LogP contribution is 2.42. The number of ether oxygens (including phenoxy) is 1. The van der Waals surface area contributed by atoms with E-state index in [-0.39, 0.29) is 5.54 Å². The summed E-state index contributed by atoms with van der Waals surface area (Å²) in [6.07, 6.45) is 3.88. The zero-order chi connectivity index (χ0) is 10.0. The summed E-state index contributed by atoms with van der Waals surface area (Å²) in [6, 6.07) is 0. The molecule has 2 fully saturated rings. The van der Waals surface area contributed by atoms with E-state index in [1.165, 1.54) is 12.8 Å². The molecule has 1 heterocycles. The monoisotopic (exact) mass is 198 g/mol. The van der Waals surface area contributed by atoms with Crippen LogP contribution in [-0.4, -0.2) is 43.3 Å². The summed E-state index contributed by atoms with van der Waals surface area (Å²) in [6.45, 7) is 7.16. The largest absolute Gasteiger partial charge is 0.382 e. The average Bonchev–Trinajstić information content (AvgIpc) is 2.91. The normalized spacial score (nSPS) is 26.1. The Bertz CT molecular complexity index is 186. The van der Waals surface area contributed by atoms with Gasteiger partial charge in [0.25, 0.3) is 0 Å². The Morgan fingerprint density at radius 2 is 2.14 bits per heavy atom. The Kier molecular flexibility index (Phi) is 3.10. The molecule has 0 unspecified atom stereocenters. The van der Waals surface area contributed by atoms with Crippen molar-refractivity contribution in [2.24, 2.45) is 11.7 Å². The Morgan fingerprint density at radius 1 is 1.43 bits per heavy atom. The lowest BCUT2D eigenvalue weighted by molar-refractivity contribution is 0.0431. The van der Waals surface area contributed by atoms with Crippen LogP contribution in [0.2, 0.25) is 0 Å². The Hall–Kier alpha value is -0.120. The first-order valence-corrected chi connectivity index (χ1v) is 5.83. The predicted octanol–water partition coefficient (Wildman–Crippen LogP) is 0.836. The number of hydrogen-bond acceptors (Lipinski definition) is 3. The van der Waals surface area contributed by atoms with Crippen molar-refractivity contribution in [3.63, 3.8) is 0 Å². The maximum atomic E-state index is 6.26. The van der Waals surface area contributed by atoms with Crippen molar-refractivity contribution in [3.8, 4) is 0 Å². The minimum absolute atomic E-state index is 0.186. The lowest BCUT2D eigenvalue weighted by Gasteiger charge is -2.48. The molecule has 0 radical (unpaired) electrons. The van der Waals surface area contributed by atoms with Crippen LogP contribution >= 0.6 is 0 Å². The molecule has 0 atom stereocenters. The molecule has 0 bridgehead atoms. The van der Waals surface area contributed by atoms with Gasteiger partial charge in [-0.3, -0.25) is 4.90 Å². The van der Waals surface area contributed by atoms with Gasteiger partial charge in [0.1, 0.15) is 0 Å². The van der Waals surface area contributed by atoms with Gasteiger partial charge < -0.3 is 10.5 Å². The van der Waals surface area contributed by atoms with Gasteiger partial charge in [-0.2, -0.15) is 0 Å². The van der Waals surface area contributed by atoms with Crippen LogP contribution in [0, 0.1) is 5.92 Å². The van der Waals surface area contributed by atoms with E-state index in [0.29, 0.717) is 0 Å². The molecule has 82 valence electrons. The second-order valence-electron chi connectivity index (χ2n) is 4.77. The third kappa shape index (κ3) is 2.27. The minimum Gasteiger partial charge on any atom is -0.382 e. The van der Waals surface area contributed by atoms with Crippen LogP contribution in [0.25, 0.3) is 0 Å². The fraction of sp³-hybridized carbons (Fsp3) is 1.00. The third-order valence-corrected chi connectivity index (χ3v) is 3.39. The molecule has 0 aromatic rings. The molecule has 2 rings (SSSR count). The van der Waals surface area contributed by atoms with Crippen molar-refractivity contribution < 1.29 is 4.74 Å².